The van der Waals surface area contributed by atoms with E-state index in [1.165, 1.54) is 6.21 Å². The highest BCUT2D eigenvalue weighted by atomic mass is 16.5. The number of nitrogens with zero attached hydrogens (tertiary/aromatic N) is 1. The number of ether oxygens (including phenoxy) is 2. The molecule has 0 aliphatic heterocycles. The number of aryl methyl sites for hydroxylation is 1. The van der Waals surface area contributed by atoms with E-state index in [9.17, 15) is 14.4 Å². The van der Waals surface area contributed by atoms with Crippen molar-refractivity contribution in [2.75, 3.05) is 11.9 Å². The van der Waals surface area contributed by atoms with Gasteiger partial charge in [-0.25, -0.2) is 10.2 Å². The van der Waals surface area contributed by atoms with Gasteiger partial charge in [-0.15, -0.1) is 0 Å². The van der Waals surface area contributed by atoms with Crippen LogP contribution in [0.15, 0.2) is 77.9 Å². The normalized spacial score (nSPS) is 10.5. The van der Waals surface area contributed by atoms with Gasteiger partial charge in [-0.05, 0) is 55.8 Å². The molecule has 0 aliphatic carbocycles. The van der Waals surface area contributed by atoms with Crippen LogP contribution in [0.3, 0.4) is 0 Å². The van der Waals surface area contributed by atoms with Crippen molar-refractivity contribution in [1.29, 1.82) is 0 Å². The summed E-state index contributed by atoms with van der Waals surface area (Å²) in [6.07, 6.45) is 1.34. The maximum Gasteiger partial charge on any atom is 0.343 e. The minimum Gasteiger partial charge on any atom is -0.492 e. The fraction of sp³-hybridized carbons (Fsp3) is 0.120. The molecule has 0 unspecified atom stereocenters. The van der Waals surface area contributed by atoms with Crippen LogP contribution in [0.25, 0.3) is 0 Å². The molecule has 2 N–H and O–H groups in total. The lowest BCUT2D eigenvalue weighted by Crippen LogP contribution is -2.32. The Morgan fingerprint density at radius 3 is 2.45 bits per heavy atom. The van der Waals surface area contributed by atoms with Gasteiger partial charge in [0.15, 0.2) is 0 Å². The standard InChI is InChI=1S/C25H23N3O5/c1-3-32-22-10-5-4-9-21(22)27-23(29)24(30)28-26-16-18-7-6-8-20(15-18)33-25(31)19-13-11-17(2)12-14-19/h4-16H,3H2,1-2H3,(H,27,29)(H,28,30)/b26-16+. The molecule has 3 aromatic carbocycles. The lowest BCUT2D eigenvalue weighted by atomic mass is 10.1. The Balaban J connectivity index is 1.56. The predicted molar refractivity (Wildman–Crippen MR) is 125 cm³/mol. The molecule has 0 atom stereocenters. The summed E-state index contributed by atoms with van der Waals surface area (Å²) in [6, 6.07) is 20.4. The van der Waals surface area contributed by atoms with Gasteiger partial charge in [0, 0.05) is 0 Å². The number of amides is 2. The van der Waals surface area contributed by atoms with E-state index in [-0.39, 0.29) is 0 Å². The van der Waals surface area contributed by atoms with Gasteiger partial charge in [-0.2, -0.15) is 5.10 Å². The van der Waals surface area contributed by atoms with Crippen molar-refractivity contribution in [2.45, 2.75) is 13.8 Å². The quantitative estimate of drug-likeness (QED) is 0.190. The summed E-state index contributed by atoms with van der Waals surface area (Å²) < 4.78 is 10.8. The molecule has 3 aromatic rings. The highest BCUT2D eigenvalue weighted by Gasteiger charge is 2.15. The fourth-order valence-corrected chi connectivity index (χ4v) is 2.76. The highest BCUT2D eigenvalue weighted by molar-refractivity contribution is 6.39. The van der Waals surface area contributed by atoms with Crippen molar-refractivity contribution < 1.29 is 23.9 Å². The molecule has 8 nitrogen and oxygen atoms in total. The van der Waals surface area contributed by atoms with E-state index in [0.717, 1.165) is 5.56 Å². The first-order valence-electron chi connectivity index (χ1n) is 10.2. The maximum atomic E-state index is 12.3. The second-order valence-corrected chi connectivity index (χ2v) is 6.91. The van der Waals surface area contributed by atoms with Gasteiger partial charge < -0.3 is 14.8 Å². The van der Waals surface area contributed by atoms with Crippen LogP contribution in [0, 0.1) is 6.92 Å². The molecule has 0 fully saturated rings. The van der Waals surface area contributed by atoms with E-state index in [2.05, 4.69) is 15.8 Å². The van der Waals surface area contributed by atoms with Crippen LogP contribution in [0.4, 0.5) is 5.69 Å². The molecule has 3 rings (SSSR count). The average molecular weight is 445 g/mol. The lowest BCUT2D eigenvalue weighted by molar-refractivity contribution is -0.136. The maximum absolute atomic E-state index is 12.3. The molecule has 8 heteroatoms. The summed E-state index contributed by atoms with van der Waals surface area (Å²) in [7, 11) is 0. The Bertz CT molecular complexity index is 1170. The molecule has 2 amide bonds. The second-order valence-electron chi connectivity index (χ2n) is 6.91. The lowest BCUT2D eigenvalue weighted by Gasteiger charge is -2.10. The zero-order chi connectivity index (χ0) is 23.6. The van der Waals surface area contributed by atoms with Crippen molar-refractivity contribution in [3.8, 4) is 11.5 Å². The minimum atomic E-state index is -0.945. The third-order valence-electron chi connectivity index (χ3n) is 4.38. The van der Waals surface area contributed by atoms with Gasteiger partial charge in [0.2, 0.25) is 0 Å². The van der Waals surface area contributed by atoms with Gasteiger partial charge in [-0.3, -0.25) is 9.59 Å². The number of carbonyl (C=O) groups is 3. The number of hydrogen-bond donors (Lipinski definition) is 2. The zero-order valence-electron chi connectivity index (χ0n) is 18.2. The van der Waals surface area contributed by atoms with Crippen LogP contribution < -0.4 is 20.2 Å². The first-order chi connectivity index (χ1) is 16.0. The van der Waals surface area contributed by atoms with Gasteiger partial charge in [0.25, 0.3) is 0 Å². The number of esters is 1. The average Bonchev–Trinajstić information content (AvgIpc) is 2.81. The number of rotatable bonds is 7. The predicted octanol–water partition coefficient (Wildman–Crippen LogP) is 3.70. The Hall–Kier alpha value is -4.46. The number of hydrazone groups is 1. The number of hydrogen-bond acceptors (Lipinski definition) is 6. The minimum absolute atomic E-state index is 0.320. The van der Waals surface area contributed by atoms with Gasteiger partial charge >= 0.3 is 17.8 Å². The SMILES string of the molecule is CCOc1ccccc1NC(=O)C(=O)N/N=C/c1cccc(OC(=O)c2ccc(C)cc2)c1. The third kappa shape index (κ3) is 6.76. The van der Waals surface area contributed by atoms with Crippen LogP contribution in [0.1, 0.15) is 28.4 Å². The van der Waals surface area contributed by atoms with Crippen molar-refractivity contribution in [3.63, 3.8) is 0 Å². The first kappa shape index (κ1) is 23.2. The number of benzene rings is 3. The van der Waals surface area contributed by atoms with Gasteiger partial charge in [-0.1, -0.05) is 42.0 Å². The molecule has 0 radical (unpaired) electrons. The van der Waals surface area contributed by atoms with E-state index < -0.39 is 17.8 Å². The van der Waals surface area contributed by atoms with E-state index in [4.69, 9.17) is 9.47 Å². The molecule has 33 heavy (non-hydrogen) atoms. The smallest absolute Gasteiger partial charge is 0.343 e. The summed E-state index contributed by atoms with van der Waals surface area (Å²) in [4.78, 5) is 36.4. The fourth-order valence-electron chi connectivity index (χ4n) is 2.76. The van der Waals surface area contributed by atoms with E-state index in [1.807, 2.05) is 26.0 Å². The third-order valence-corrected chi connectivity index (χ3v) is 4.38. The molecule has 0 aromatic heterocycles. The van der Waals surface area contributed by atoms with Gasteiger partial charge in [0.1, 0.15) is 11.5 Å². The number of para-hydroxylation sites is 2. The second kappa shape index (κ2) is 11.2. The number of anilines is 1. The van der Waals surface area contributed by atoms with Crippen LogP contribution in [-0.2, 0) is 9.59 Å². The molecule has 0 spiro atoms. The molecule has 0 aliphatic rings. The highest BCUT2D eigenvalue weighted by Crippen LogP contribution is 2.23. The van der Waals surface area contributed by atoms with Crippen LogP contribution >= 0.6 is 0 Å². The topological polar surface area (TPSA) is 106 Å². The summed E-state index contributed by atoms with van der Waals surface area (Å²) >= 11 is 0. The van der Waals surface area contributed by atoms with Crippen molar-refractivity contribution >= 4 is 29.7 Å². The molecular formula is C25H23N3O5. The summed E-state index contributed by atoms with van der Waals surface area (Å²) in [5.74, 6) is -1.54. The van der Waals surface area contributed by atoms with Crippen molar-refractivity contribution in [1.82, 2.24) is 5.43 Å². The summed E-state index contributed by atoms with van der Waals surface area (Å²) in [5, 5.41) is 6.28. The van der Waals surface area contributed by atoms with Crippen molar-refractivity contribution in [2.24, 2.45) is 5.10 Å². The summed E-state index contributed by atoms with van der Waals surface area (Å²) in [6.45, 7) is 4.17. The van der Waals surface area contributed by atoms with E-state index in [1.54, 1.807) is 60.7 Å². The number of carbonyl (C=O) groups excluding carboxylic acids is 3. The molecule has 0 bridgehead atoms. The Labute approximate surface area is 191 Å². The molecule has 0 saturated carbocycles. The van der Waals surface area contributed by atoms with Gasteiger partial charge in [0.05, 0.1) is 24.1 Å². The molecule has 168 valence electrons. The number of nitrogens with one attached hydrogen (secondary N) is 2. The van der Waals surface area contributed by atoms with E-state index >= 15 is 0 Å². The molecular weight excluding hydrogens is 422 g/mol. The summed E-state index contributed by atoms with van der Waals surface area (Å²) in [5.41, 5.74) is 4.58. The van der Waals surface area contributed by atoms with Crippen molar-refractivity contribution in [3.05, 3.63) is 89.5 Å². The van der Waals surface area contributed by atoms with Crippen LogP contribution in [-0.4, -0.2) is 30.6 Å². The monoisotopic (exact) mass is 445 g/mol. The Morgan fingerprint density at radius 1 is 0.939 bits per heavy atom. The zero-order valence-corrected chi connectivity index (χ0v) is 18.2. The Morgan fingerprint density at radius 2 is 1.70 bits per heavy atom. The first-order valence-corrected chi connectivity index (χ1v) is 10.2. The molecule has 0 saturated heterocycles. The largest absolute Gasteiger partial charge is 0.492 e. The van der Waals surface area contributed by atoms with Crippen LogP contribution in [0.5, 0.6) is 11.5 Å². The Kier molecular flexibility index (Phi) is 7.91. The van der Waals surface area contributed by atoms with Crippen LogP contribution in [0.2, 0.25) is 0 Å². The molecule has 0 heterocycles. The van der Waals surface area contributed by atoms with E-state index in [0.29, 0.717) is 34.9 Å².